The van der Waals surface area contributed by atoms with Gasteiger partial charge in [-0.2, -0.15) is 0 Å². The van der Waals surface area contributed by atoms with Gasteiger partial charge < -0.3 is 16.0 Å². The summed E-state index contributed by atoms with van der Waals surface area (Å²) in [7, 11) is 0. The molecule has 0 saturated heterocycles. The molecule has 4 N–H and O–H groups in total. The van der Waals surface area contributed by atoms with Crippen LogP contribution in [0.25, 0.3) is 0 Å². The Bertz CT molecular complexity index is 972. The largest absolute Gasteiger partial charge is 0.332 e. The number of carbonyl (C=O) groups excluding carboxylic acids is 2. The number of hydrogen-bond acceptors (Lipinski definition) is 2. The summed E-state index contributed by atoms with van der Waals surface area (Å²) in [6.45, 7) is 4.57. The van der Waals surface area contributed by atoms with Crippen molar-refractivity contribution < 1.29 is 14.9 Å². The van der Waals surface area contributed by atoms with E-state index >= 15 is 0 Å². The van der Waals surface area contributed by atoms with Crippen LogP contribution in [-0.4, -0.2) is 18.4 Å². The number of benzene rings is 3. The zero-order valence-electron chi connectivity index (χ0n) is 17.3. The van der Waals surface area contributed by atoms with Gasteiger partial charge in [0, 0.05) is 17.2 Å². The number of anilines is 2. The second kappa shape index (κ2) is 10.4. The van der Waals surface area contributed by atoms with Crippen LogP contribution in [-0.2, 0) is 4.79 Å². The number of rotatable bonds is 8. The number of quaternary nitrogens is 1. The standard InChI is InChI=1S/C25H27N3O2/c1-18(2)24(19-11-5-3-6-12-19)26-17-23(29)28-22-16-10-9-15-21(22)25(30)27-20-13-7-4-8-14-20/h3-16,18,24,26H,17H2,1-2H3,(H,27,30)(H,28,29)/p+1/t24-/m1/s1. The van der Waals surface area contributed by atoms with Gasteiger partial charge >= 0.3 is 0 Å². The number of nitrogens with two attached hydrogens (primary N) is 1. The molecule has 3 rings (SSSR count). The van der Waals surface area contributed by atoms with E-state index in [9.17, 15) is 9.59 Å². The molecule has 3 aromatic rings. The minimum absolute atomic E-state index is 0.142. The average molecular weight is 403 g/mol. The molecular weight excluding hydrogens is 374 g/mol. The molecule has 30 heavy (non-hydrogen) atoms. The van der Waals surface area contributed by atoms with Crippen molar-refractivity contribution in [2.24, 2.45) is 5.92 Å². The van der Waals surface area contributed by atoms with Crippen molar-refractivity contribution >= 4 is 23.2 Å². The van der Waals surface area contributed by atoms with E-state index in [4.69, 9.17) is 0 Å². The summed E-state index contributed by atoms with van der Waals surface area (Å²) in [5, 5.41) is 7.80. The first kappa shape index (κ1) is 21.3. The van der Waals surface area contributed by atoms with E-state index in [-0.39, 0.29) is 24.4 Å². The summed E-state index contributed by atoms with van der Waals surface area (Å²) in [6.07, 6.45) is 0. The summed E-state index contributed by atoms with van der Waals surface area (Å²) >= 11 is 0. The Labute approximate surface area is 177 Å². The van der Waals surface area contributed by atoms with Gasteiger partial charge in [0.05, 0.1) is 11.3 Å². The average Bonchev–Trinajstić information content (AvgIpc) is 2.75. The molecule has 5 nitrogen and oxygen atoms in total. The molecule has 154 valence electrons. The van der Waals surface area contributed by atoms with E-state index in [1.54, 1.807) is 24.3 Å². The highest BCUT2D eigenvalue weighted by Crippen LogP contribution is 2.18. The molecule has 0 fully saturated rings. The summed E-state index contributed by atoms with van der Waals surface area (Å²) in [5.41, 5.74) is 2.84. The molecule has 0 spiro atoms. The normalized spacial score (nSPS) is 11.7. The first-order chi connectivity index (χ1) is 14.5. The predicted octanol–water partition coefficient (Wildman–Crippen LogP) is 3.84. The molecule has 0 aromatic heterocycles. The fourth-order valence-corrected chi connectivity index (χ4v) is 3.41. The van der Waals surface area contributed by atoms with Crippen LogP contribution in [0.3, 0.4) is 0 Å². The van der Waals surface area contributed by atoms with E-state index in [1.807, 2.05) is 53.8 Å². The van der Waals surface area contributed by atoms with Crippen molar-refractivity contribution in [1.82, 2.24) is 0 Å². The van der Waals surface area contributed by atoms with Gasteiger partial charge in [0.1, 0.15) is 6.04 Å². The summed E-state index contributed by atoms with van der Waals surface area (Å²) < 4.78 is 0. The molecule has 0 aliphatic rings. The topological polar surface area (TPSA) is 74.8 Å². The van der Waals surface area contributed by atoms with Crippen molar-refractivity contribution in [3.05, 3.63) is 96.1 Å². The van der Waals surface area contributed by atoms with Gasteiger partial charge in [0.25, 0.3) is 11.8 Å². The minimum Gasteiger partial charge on any atom is -0.332 e. The van der Waals surface area contributed by atoms with Crippen LogP contribution < -0.4 is 16.0 Å². The third kappa shape index (κ3) is 5.78. The Morgan fingerprint density at radius 2 is 1.40 bits per heavy atom. The van der Waals surface area contributed by atoms with Gasteiger partial charge in [-0.3, -0.25) is 9.59 Å². The first-order valence-electron chi connectivity index (χ1n) is 10.2. The lowest BCUT2D eigenvalue weighted by atomic mass is 9.96. The number of carbonyl (C=O) groups is 2. The Morgan fingerprint density at radius 3 is 2.07 bits per heavy atom. The van der Waals surface area contributed by atoms with Crippen LogP contribution in [0.1, 0.15) is 35.8 Å². The lowest BCUT2D eigenvalue weighted by Crippen LogP contribution is -2.88. The van der Waals surface area contributed by atoms with Crippen LogP contribution in [0.15, 0.2) is 84.9 Å². The predicted molar refractivity (Wildman–Crippen MR) is 120 cm³/mol. The van der Waals surface area contributed by atoms with Crippen molar-refractivity contribution in [2.75, 3.05) is 17.2 Å². The quantitative estimate of drug-likeness (QED) is 0.536. The molecule has 0 aliphatic carbocycles. The van der Waals surface area contributed by atoms with Gasteiger partial charge in [0.2, 0.25) is 0 Å². The summed E-state index contributed by atoms with van der Waals surface area (Å²) in [5.74, 6) is -0.0221. The van der Waals surface area contributed by atoms with Gasteiger partial charge in [-0.25, -0.2) is 0 Å². The van der Waals surface area contributed by atoms with E-state index in [1.165, 1.54) is 5.56 Å². The fourth-order valence-electron chi connectivity index (χ4n) is 3.41. The number of hydrogen-bond donors (Lipinski definition) is 3. The van der Waals surface area contributed by atoms with Gasteiger partial charge in [-0.05, 0) is 24.3 Å². The van der Waals surface area contributed by atoms with Crippen molar-refractivity contribution in [3.63, 3.8) is 0 Å². The minimum atomic E-state index is -0.259. The molecular formula is C25H28N3O2+. The third-order valence-corrected chi connectivity index (χ3v) is 4.94. The Morgan fingerprint density at radius 1 is 0.800 bits per heavy atom. The van der Waals surface area contributed by atoms with Crippen molar-refractivity contribution in [3.8, 4) is 0 Å². The fraction of sp³-hybridized carbons (Fsp3) is 0.200. The van der Waals surface area contributed by atoms with Gasteiger partial charge in [0.15, 0.2) is 6.54 Å². The van der Waals surface area contributed by atoms with E-state index < -0.39 is 0 Å². The molecule has 0 radical (unpaired) electrons. The van der Waals surface area contributed by atoms with E-state index in [0.29, 0.717) is 22.9 Å². The Hall–Kier alpha value is -3.44. The SMILES string of the molecule is CC(C)[C@@H]([NH2+]CC(=O)Nc1ccccc1C(=O)Nc1ccccc1)c1ccccc1. The van der Waals surface area contributed by atoms with Gasteiger partial charge in [-0.15, -0.1) is 0 Å². The zero-order chi connectivity index (χ0) is 21.3. The lowest BCUT2D eigenvalue weighted by molar-refractivity contribution is -0.692. The number of nitrogens with one attached hydrogen (secondary N) is 2. The summed E-state index contributed by atoms with van der Waals surface area (Å²) in [6, 6.07) is 26.7. The molecule has 0 aliphatic heterocycles. The molecule has 2 amide bonds. The summed E-state index contributed by atoms with van der Waals surface area (Å²) in [4.78, 5) is 25.3. The van der Waals surface area contributed by atoms with Crippen molar-refractivity contribution in [2.45, 2.75) is 19.9 Å². The Kier molecular flexibility index (Phi) is 7.35. The van der Waals surface area contributed by atoms with Crippen LogP contribution in [0.2, 0.25) is 0 Å². The molecule has 3 aromatic carbocycles. The molecule has 0 heterocycles. The molecule has 1 atom stereocenters. The van der Waals surface area contributed by atoms with Crippen LogP contribution in [0.5, 0.6) is 0 Å². The molecule has 0 saturated carbocycles. The first-order valence-corrected chi connectivity index (χ1v) is 10.2. The maximum absolute atomic E-state index is 12.7. The highest BCUT2D eigenvalue weighted by molar-refractivity contribution is 6.10. The Balaban J connectivity index is 1.65. The molecule has 0 unspecified atom stereocenters. The highest BCUT2D eigenvalue weighted by Gasteiger charge is 2.21. The highest BCUT2D eigenvalue weighted by atomic mass is 16.2. The molecule has 0 bridgehead atoms. The third-order valence-electron chi connectivity index (χ3n) is 4.94. The van der Waals surface area contributed by atoms with E-state index in [0.717, 1.165) is 0 Å². The smallest absolute Gasteiger partial charge is 0.279 e. The number of para-hydroxylation sites is 2. The monoisotopic (exact) mass is 402 g/mol. The molecule has 5 heteroatoms. The number of amides is 2. The maximum atomic E-state index is 12.7. The van der Waals surface area contributed by atoms with Crippen LogP contribution >= 0.6 is 0 Å². The van der Waals surface area contributed by atoms with E-state index in [2.05, 4.69) is 36.6 Å². The maximum Gasteiger partial charge on any atom is 0.279 e. The second-order valence-corrected chi connectivity index (χ2v) is 7.53. The lowest BCUT2D eigenvalue weighted by Gasteiger charge is -2.19. The second-order valence-electron chi connectivity index (χ2n) is 7.53. The van der Waals surface area contributed by atoms with Crippen LogP contribution in [0, 0.1) is 5.92 Å². The van der Waals surface area contributed by atoms with Crippen LogP contribution in [0.4, 0.5) is 11.4 Å². The zero-order valence-corrected chi connectivity index (χ0v) is 17.3. The van der Waals surface area contributed by atoms with Gasteiger partial charge in [-0.1, -0.05) is 74.5 Å². The van der Waals surface area contributed by atoms with Crippen molar-refractivity contribution in [1.29, 1.82) is 0 Å².